The van der Waals surface area contributed by atoms with E-state index in [9.17, 15) is 8.42 Å². The zero-order valence-corrected chi connectivity index (χ0v) is 19.2. The van der Waals surface area contributed by atoms with E-state index >= 15 is 0 Å². The number of halogens is 1. The van der Waals surface area contributed by atoms with Crippen LogP contribution < -0.4 is 9.04 Å². The number of pyridine rings is 2. The molecule has 0 spiro atoms. The molecule has 0 radical (unpaired) electrons. The number of aromatic nitrogens is 2. The molecule has 0 bridgehead atoms. The van der Waals surface area contributed by atoms with E-state index < -0.39 is 10.0 Å². The van der Waals surface area contributed by atoms with Crippen molar-refractivity contribution in [3.63, 3.8) is 0 Å². The molecule has 0 saturated carbocycles. The van der Waals surface area contributed by atoms with Crippen molar-refractivity contribution in [1.29, 1.82) is 0 Å². The lowest BCUT2D eigenvalue weighted by molar-refractivity contribution is 0.203. The summed E-state index contributed by atoms with van der Waals surface area (Å²) in [5.74, 6) is 0.304. The third-order valence-electron chi connectivity index (χ3n) is 4.99. The fourth-order valence-corrected chi connectivity index (χ4v) is 4.74. The second-order valence-corrected chi connectivity index (χ2v) is 10.1. The first-order chi connectivity index (χ1) is 13.9. The van der Waals surface area contributed by atoms with Crippen LogP contribution >= 0.6 is 15.9 Å². The first kappa shape index (κ1) is 22.0. The molecule has 3 rings (SSSR count). The fourth-order valence-electron chi connectivity index (χ4n) is 3.29. The minimum atomic E-state index is -3.77. The van der Waals surface area contributed by atoms with Crippen molar-refractivity contribution >= 4 is 31.6 Å². The summed E-state index contributed by atoms with van der Waals surface area (Å²) in [6, 6.07) is 4.93. The maximum atomic E-state index is 13.0. The molecule has 0 aliphatic carbocycles. The van der Waals surface area contributed by atoms with E-state index in [4.69, 9.17) is 4.74 Å². The summed E-state index contributed by atoms with van der Waals surface area (Å²) in [5, 5.41) is 0. The lowest BCUT2D eigenvalue weighted by Crippen LogP contribution is -2.31. The van der Waals surface area contributed by atoms with E-state index in [2.05, 4.69) is 30.8 Å². The third kappa shape index (κ3) is 5.67. The molecule has 0 atom stereocenters. The van der Waals surface area contributed by atoms with Crippen LogP contribution in [-0.4, -0.2) is 56.6 Å². The first-order valence-electron chi connectivity index (χ1n) is 9.80. The van der Waals surface area contributed by atoms with Crippen LogP contribution in [0.1, 0.15) is 31.4 Å². The summed E-state index contributed by atoms with van der Waals surface area (Å²) in [4.78, 5) is 11.0. The molecular formula is C20H27BrN4O3S. The van der Waals surface area contributed by atoms with E-state index in [-0.39, 0.29) is 4.90 Å². The van der Waals surface area contributed by atoms with Crippen LogP contribution in [0, 0.1) is 6.92 Å². The first-order valence-corrected chi connectivity index (χ1v) is 12.0. The van der Waals surface area contributed by atoms with Gasteiger partial charge < -0.3 is 9.64 Å². The monoisotopic (exact) mass is 482 g/mol. The molecule has 7 nitrogen and oxygen atoms in total. The number of piperidine rings is 1. The smallest absolute Gasteiger partial charge is 0.265 e. The molecule has 1 aliphatic rings. The number of aryl methyl sites for hydroxylation is 1. The third-order valence-corrected chi connectivity index (χ3v) is 7.18. The molecule has 3 heterocycles. The highest BCUT2D eigenvalue weighted by atomic mass is 79.9. The Kier molecular flexibility index (Phi) is 7.48. The van der Waals surface area contributed by atoms with Crippen LogP contribution in [0.15, 0.2) is 40.0 Å². The number of hydrogen-bond acceptors (Lipinski definition) is 6. The van der Waals surface area contributed by atoms with Gasteiger partial charge in [0.05, 0.1) is 6.61 Å². The van der Waals surface area contributed by atoms with Crippen molar-refractivity contribution in [2.75, 3.05) is 37.6 Å². The van der Waals surface area contributed by atoms with Crippen LogP contribution in [0.2, 0.25) is 0 Å². The summed E-state index contributed by atoms with van der Waals surface area (Å²) < 4.78 is 33.8. The number of hydrogen-bond donors (Lipinski definition) is 0. The summed E-state index contributed by atoms with van der Waals surface area (Å²) >= 11 is 3.37. The Morgan fingerprint density at radius 1 is 1.17 bits per heavy atom. The standard InChI is InChI=1S/C20H27BrN4O3S/c1-16-7-8-18(15-22-16)29(26,27)24(2)19-13-17(21)14-23-20(19)28-12-6-11-25-9-4-3-5-10-25/h7-8,13-15H,3-6,9-12H2,1-2H3. The van der Waals surface area contributed by atoms with Crippen molar-refractivity contribution in [3.8, 4) is 5.88 Å². The van der Waals surface area contributed by atoms with E-state index in [0.29, 0.717) is 22.6 Å². The summed E-state index contributed by atoms with van der Waals surface area (Å²) in [6.45, 7) is 5.57. The van der Waals surface area contributed by atoms with Gasteiger partial charge in [0.25, 0.3) is 10.0 Å². The fraction of sp³-hybridized carbons (Fsp3) is 0.500. The molecule has 158 valence electrons. The van der Waals surface area contributed by atoms with Gasteiger partial charge in [-0.3, -0.25) is 9.29 Å². The van der Waals surface area contributed by atoms with Gasteiger partial charge in [0.15, 0.2) is 0 Å². The molecule has 0 unspecified atom stereocenters. The highest BCUT2D eigenvalue weighted by Gasteiger charge is 2.25. The van der Waals surface area contributed by atoms with Crippen LogP contribution in [0.25, 0.3) is 0 Å². The van der Waals surface area contributed by atoms with E-state index in [1.165, 1.54) is 36.8 Å². The lowest BCUT2D eigenvalue weighted by atomic mass is 10.1. The number of sulfonamides is 1. The number of likely N-dealkylation sites (tertiary alicyclic amines) is 1. The molecular weight excluding hydrogens is 456 g/mol. The molecule has 9 heteroatoms. The van der Waals surface area contributed by atoms with Gasteiger partial charge in [-0.15, -0.1) is 0 Å². The summed E-state index contributed by atoms with van der Waals surface area (Å²) in [7, 11) is -2.27. The Bertz CT molecular complexity index is 916. The zero-order chi connectivity index (χ0) is 20.9. The number of ether oxygens (including phenoxy) is 1. The second-order valence-electron chi connectivity index (χ2n) is 7.19. The maximum absolute atomic E-state index is 13.0. The highest BCUT2D eigenvalue weighted by Crippen LogP contribution is 2.32. The highest BCUT2D eigenvalue weighted by molar-refractivity contribution is 9.10. The Balaban J connectivity index is 1.71. The summed E-state index contributed by atoms with van der Waals surface area (Å²) in [6.07, 6.45) is 7.68. The Morgan fingerprint density at radius 3 is 2.62 bits per heavy atom. The van der Waals surface area contributed by atoms with Gasteiger partial charge in [-0.05, 0) is 73.4 Å². The van der Waals surface area contributed by atoms with Crippen molar-refractivity contribution in [2.45, 2.75) is 37.5 Å². The van der Waals surface area contributed by atoms with Gasteiger partial charge in [0, 0.05) is 36.2 Å². The predicted molar refractivity (Wildman–Crippen MR) is 117 cm³/mol. The quantitative estimate of drug-likeness (QED) is 0.534. The van der Waals surface area contributed by atoms with Crippen LogP contribution in [0.3, 0.4) is 0 Å². The Hall–Kier alpha value is -1.71. The molecule has 2 aromatic rings. The van der Waals surface area contributed by atoms with Crippen molar-refractivity contribution in [3.05, 3.63) is 40.8 Å². The van der Waals surface area contributed by atoms with Crippen LogP contribution in [0.4, 0.5) is 5.69 Å². The average molecular weight is 483 g/mol. The van der Waals surface area contributed by atoms with Gasteiger partial charge >= 0.3 is 0 Å². The average Bonchev–Trinajstić information content (AvgIpc) is 2.72. The van der Waals surface area contributed by atoms with E-state index in [1.54, 1.807) is 24.4 Å². The van der Waals surface area contributed by atoms with Gasteiger partial charge in [-0.2, -0.15) is 0 Å². The van der Waals surface area contributed by atoms with Crippen molar-refractivity contribution in [1.82, 2.24) is 14.9 Å². The zero-order valence-electron chi connectivity index (χ0n) is 16.8. The van der Waals surface area contributed by atoms with Gasteiger partial charge in [-0.25, -0.2) is 13.4 Å². The normalized spacial score (nSPS) is 15.3. The van der Waals surface area contributed by atoms with Crippen molar-refractivity contribution < 1.29 is 13.2 Å². The van der Waals surface area contributed by atoms with E-state index in [1.807, 2.05) is 6.92 Å². The molecule has 0 amide bonds. The lowest BCUT2D eigenvalue weighted by Gasteiger charge is -2.26. The SMILES string of the molecule is Cc1ccc(S(=O)(=O)N(C)c2cc(Br)cnc2OCCCN2CCCCC2)cn1. The van der Waals surface area contributed by atoms with Crippen LogP contribution in [-0.2, 0) is 10.0 Å². The largest absolute Gasteiger partial charge is 0.476 e. The van der Waals surface area contributed by atoms with Gasteiger partial charge in [-0.1, -0.05) is 6.42 Å². The molecule has 1 aliphatic heterocycles. The summed E-state index contributed by atoms with van der Waals surface area (Å²) in [5.41, 5.74) is 1.14. The minimum absolute atomic E-state index is 0.127. The molecule has 1 fully saturated rings. The molecule has 2 aromatic heterocycles. The number of nitrogens with zero attached hydrogens (tertiary/aromatic N) is 4. The predicted octanol–water partition coefficient (Wildman–Crippen LogP) is 3.63. The topological polar surface area (TPSA) is 75.6 Å². The Labute approximate surface area is 181 Å². The van der Waals surface area contributed by atoms with Gasteiger partial charge in [0.2, 0.25) is 5.88 Å². The molecule has 29 heavy (non-hydrogen) atoms. The minimum Gasteiger partial charge on any atom is -0.476 e. The second kappa shape index (κ2) is 9.86. The molecule has 0 aromatic carbocycles. The maximum Gasteiger partial charge on any atom is 0.265 e. The molecule has 0 N–H and O–H groups in total. The van der Waals surface area contributed by atoms with E-state index in [0.717, 1.165) is 31.7 Å². The number of rotatable bonds is 8. The number of anilines is 1. The van der Waals surface area contributed by atoms with Gasteiger partial charge in [0.1, 0.15) is 10.6 Å². The Morgan fingerprint density at radius 2 is 1.93 bits per heavy atom. The van der Waals surface area contributed by atoms with Crippen molar-refractivity contribution in [2.24, 2.45) is 0 Å². The van der Waals surface area contributed by atoms with Crippen LogP contribution in [0.5, 0.6) is 5.88 Å². The molecule has 1 saturated heterocycles.